The van der Waals surface area contributed by atoms with Crippen LogP contribution in [0.5, 0.6) is 0 Å². The van der Waals surface area contributed by atoms with Gasteiger partial charge in [0.2, 0.25) is 0 Å². The largest absolute Gasteiger partial charge is 0.466 e. The molecule has 0 N–H and O–H groups in total. The Morgan fingerprint density at radius 3 is 2.75 bits per heavy atom. The first-order chi connectivity index (χ1) is 7.72. The maximum absolute atomic E-state index is 13.4. The first-order valence-electron chi connectivity index (χ1n) is 5.23. The van der Waals surface area contributed by atoms with E-state index in [4.69, 9.17) is 4.74 Å². The zero-order valence-electron chi connectivity index (χ0n) is 9.19. The number of carbonyl (C=O) groups excluding carboxylic acids is 1. The quantitative estimate of drug-likeness (QED) is 0.565. The van der Waals surface area contributed by atoms with Gasteiger partial charge in [-0.15, -0.1) is 0 Å². The van der Waals surface area contributed by atoms with Crippen molar-refractivity contribution in [2.45, 2.75) is 30.2 Å². The predicted octanol–water partition coefficient (Wildman–Crippen LogP) is 3.42. The zero-order chi connectivity index (χ0) is 11.8. The molecule has 4 heteroatoms. The molecule has 1 aromatic carbocycles. The third-order valence-electron chi connectivity index (χ3n) is 1.89. The average Bonchev–Trinajstić information content (AvgIpc) is 2.28. The molecule has 16 heavy (non-hydrogen) atoms. The molecule has 0 bridgehead atoms. The molecule has 0 amide bonds. The summed E-state index contributed by atoms with van der Waals surface area (Å²) in [5, 5.41) is 0. The van der Waals surface area contributed by atoms with E-state index in [-0.39, 0.29) is 18.8 Å². The molecule has 0 aliphatic heterocycles. The van der Waals surface area contributed by atoms with E-state index < -0.39 is 5.50 Å². The van der Waals surface area contributed by atoms with Crippen LogP contribution in [0.1, 0.15) is 19.8 Å². The number of alkyl halides is 1. The molecule has 88 valence electrons. The first kappa shape index (κ1) is 13.0. The second kappa shape index (κ2) is 7.28. The number of halogens is 1. The lowest BCUT2D eigenvalue weighted by molar-refractivity contribution is -0.143. The highest BCUT2D eigenvalue weighted by atomic mass is 32.2. The molecular formula is C12H15FO2S. The summed E-state index contributed by atoms with van der Waals surface area (Å²) in [6.45, 7) is 2.09. The highest BCUT2D eigenvalue weighted by Gasteiger charge is 2.11. The van der Waals surface area contributed by atoms with Gasteiger partial charge in [-0.25, -0.2) is 4.39 Å². The second-order valence-electron chi connectivity index (χ2n) is 3.18. The van der Waals surface area contributed by atoms with Gasteiger partial charge in [0.05, 0.1) is 6.61 Å². The third kappa shape index (κ3) is 5.16. The Kier molecular flexibility index (Phi) is 5.93. The fourth-order valence-corrected chi connectivity index (χ4v) is 2.02. The molecule has 0 aliphatic carbocycles. The molecule has 0 heterocycles. The molecule has 1 aromatic rings. The summed E-state index contributed by atoms with van der Waals surface area (Å²) in [4.78, 5) is 11.9. The minimum absolute atomic E-state index is 0.134. The van der Waals surface area contributed by atoms with E-state index in [0.717, 1.165) is 16.7 Å². The Morgan fingerprint density at radius 2 is 2.12 bits per heavy atom. The van der Waals surface area contributed by atoms with Crippen LogP contribution in [0, 0.1) is 0 Å². The van der Waals surface area contributed by atoms with Gasteiger partial charge in [-0.3, -0.25) is 4.79 Å². The molecule has 1 atom stereocenters. The molecule has 0 fully saturated rings. The lowest BCUT2D eigenvalue weighted by Crippen LogP contribution is -2.06. The topological polar surface area (TPSA) is 26.3 Å². The van der Waals surface area contributed by atoms with Crippen molar-refractivity contribution >= 4 is 17.7 Å². The minimum Gasteiger partial charge on any atom is -0.466 e. The lowest BCUT2D eigenvalue weighted by Gasteiger charge is -2.07. The molecular weight excluding hydrogens is 227 g/mol. The normalized spacial score (nSPS) is 12.1. The summed E-state index contributed by atoms with van der Waals surface area (Å²) in [5.41, 5.74) is -1.06. The number of thioether (sulfide) groups is 1. The van der Waals surface area contributed by atoms with Gasteiger partial charge in [-0.1, -0.05) is 30.0 Å². The van der Waals surface area contributed by atoms with Crippen molar-refractivity contribution in [2.24, 2.45) is 0 Å². The van der Waals surface area contributed by atoms with Gasteiger partial charge >= 0.3 is 5.97 Å². The van der Waals surface area contributed by atoms with Crippen molar-refractivity contribution in [2.75, 3.05) is 6.61 Å². The van der Waals surface area contributed by atoms with Crippen LogP contribution >= 0.6 is 11.8 Å². The predicted molar refractivity (Wildman–Crippen MR) is 63.1 cm³/mol. The second-order valence-corrected chi connectivity index (χ2v) is 4.40. The smallest absolute Gasteiger partial charge is 0.305 e. The summed E-state index contributed by atoms with van der Waals surface area (Å²) in [6, 6.07) is 9.31. The van der Waals surface area contributed by atoms with Crippen molar-refractivity contribution in [3.8, 4) is 0 Å². The van der Waals surface area contributed by atoms with Crippen LogP contribution in [0.3, 0.4) is 0 Å². The maximum atomic E-state index is 13.4. The van der Waals surface area contributed by atoms with Gasteiger partial charge in [0, 0.05) is 11.3 Å². The van der Waals surface area contributed by atoms with Crippen LogP contribution in [0.15, 0.2) is 35.2 Å². The van der Waals surface area contributed by atoms with Crippen molar-refractivity contribution in [1.82, 2.24) is 0 Å². The first-order valence-corrected chi connectivity index (χ1v) is 6.11. The van der Waals surface area contributed by atoms with E-state index in [1.807, 2.05) is 30.3 Å². The standard InChI is InChI=1S/C12H15FO2S/c1-2-15-12(14)9-8-11(13)16-10-6-4-3-5-7-10/h3-7,11H,2,8-9H2,1H3. The van der Waals surface area contributed by atoms with Gasteiger partial charge in [-0.2, -0.15) is 0 Å². The fourth-order valence-electron chi connectivity index (χ4n) is 1.17. The summed E-state index contributed by atoms with van der Waals surface area (Å²) < 4.78 is 18.2. The number of rotatable bonds is 6. The van der Waals surface area contributed by atoms with Crippen LogP contribution in [0.2, 0.25) is 0 Å². The zero-order valence-corrected chi connectivity index (χ0v) is 10.0. The van der Waals surface area contributed by atoms with Gasteiger partial charge in [-0.05, 0) is 25.5 Å². The highest BCUT2D eigenvalue weighted by molar-refractivity contribution is 7.99. The minimum atomic E-state index is -1.06. The van der Waals surface area contributed by atoms with Crippen LogP contribution < -0.4 is 0 Å². The lowest BCUT2D eigenvalue weighted by atomic mass is 10.3. The monoisotopic (exact) mass is 242 g/mol. The van der Waals surface area contributed by atoms with E-state index in [2.05, 4.69) is 0 Å². The summed E-state index contributed by atoms with van der Waals surface area (Å²) in [6.07, 6.45) is 0.327. The van der Waals surface area contributed by atoms with E-state index in [9.17, 15) is 9.18 Å². The van der Waals surface area contributed by atoms with Crippen molar-refractivity contribution in [3.05, 3.63) is 30.3 Å². The summed E-state index contributed by atoms with van der Waals surface area (Å²) in [7, 11) is 0. The Bertz CT molecular complexity index is 316. The Balaban J connectivity index is 2.26. The molecule has 0 saturated carbocycles. The van der Waals surface area contributed by atoms with Gasteiger partial charge in [0.25, 0.3) is 0 Å². The molecule has 0 aliphatic rings. The van der Waals surface area contributed by atoms with Crippen LogP contribution in [0.4, 0.5) is 4.39 Å². The SMILES string of the molecule is CCOC(=O)CCC(F)Sc1ccccc1. The Hall–Kier alpha value is -1.03. The molecule has 2 nitrogen and oxygen atoms in total. The van der Waals surface area contributed by atoms with E-state index >= 15 is 0 Å². The Labute approximate surface area is 99.2 Å². The van der Waals surface area contributed by atoms with E-state index in [1.165, 1.54) is 0 Å². The highest BCUT2D eigenvalue weighted by Crippen LogP contribution is 2.26. The molecule has 0 saturated heterocycles. The molecule has 0 radical (unpaired) electrons. The number of hydrogen-bond acceptors (Lipinski definition) is 3. The van der Waals surface area contributed by atoms with Crippen molar-refractivity contribution in [3.63, 3.8) is 0 Å². The van der Waals surface area contributed by atoms with Crippen LogP contribution in [-0.4, -0.2) is 18.1 Å². The van der Waals surface area contributed by atoms with Crippen LogP contribution in [0.25, 0.3) is 0 Å². The Morgan fingerprint density at radius 1 is 1.44 bits per heavy atom. The van der Waals surface area contributed by atoms with Crippen LogP contribution in [-0.2, 0) is 9.53 Å². The summed E-state index contributed by atoms with van der Waals surface area (Å²) in [5.74, 6) is -0.334. The van der Waals surface area contributed by atoms with E-state index in [0.29, 0.717) is 6.61 Å². The van der Waals surface area contributed by atoms with Crippen molar-refractivity contribution in [1.29, 1.82) is 0 Å². The average molecular weight is 242 g/mol. The molecule has 1 unspecified atom stereocenters. The van der Waals surface area contributed by atoms with Gasteiger partial charge < -0.3 is 4.74 Å². The van der Waals surface area contributed by atoms with Crippen molar-refractivity contribution < 1.29 is 13.9 Å². The number of ether oxygens (including phenoxy) is 1. The number of benzene rings is 1. The van der Waals surface area contributed by atoms with Gasteiger partial charge in [0.1, 0.15) is 0 Å². The van der Waals surface area contributed by atoms with E-state index in [1.54, 1.807) is 6.92 Å². The molecule has 0 spiro atoms. The molecule has 1 rings (SSSR count). The molecule has 0 aromatic heterocycles. The third-order valence-corrected chi connectivity index (χ3v) is 2.92. The maximum Gasteiger partial charge on any atom is 0.305 e. The van der Waals surface area contributed by atoms with Gasteiger partial charge in [0.15, 0.2) is 5.50 Å². The number of carbonyl (C=O) groups is 1. The fraction of sp³-hybridized carbons (Fsp3) is 0.417. The summed E-state index contributed by atoms with van der Waals surface area (Å²) >= 11 is 1.13. The number of esters is 1. The number of hydrogen-bond donors (Lipinski definition) is 0.